The van der Waals surface area contributed by atoms with Crippen LogP contribution >= 0.6 is 0 Å². The minimum absolute atomic E-state index is 0.0132. The van der Waals surface area contributed by atoms with Gasteiger partial charge in [0.1, 0.15) is 5.75 Å². The third-order valence-electron chi connectivity index (χ3n) is 6.00. The molecule has 6 heteroatoms. The average molecular weight is 408 g/mol. The second-order valence-electron chi connectivity index (χ2n) is 8.01. The third kappa shape index (κ3) is 4.58. The zero-order valence-corrected chi connectivity index (χ0v) is 17.5. The summed E-state index contributed by atoms with van der Waals surface area (Å²) >= 11 is 0. The van der Waals surface area contributed by atoms with E-state index < -0.39 is 0 Å². The van der Waals surface area contributed by atoms with Crippen molar-refractivity contribution in [2.24, 2.45) is 5.92 Å². The number of methoxy groups -OCH3 is 1. The molecule has 1 N–H and O–H groups in total. The molecule has 2 saturated heterocycles. The first-order chi connectivity index (χ1) is 14.6. The predicted octanol–water partition coefficient (Wildman–Crippen LogP) is 3.01. The highest BCUT2D eigenvalue weighted by Crippen LogP contribution is 2.28. The minimum Gasteiger partial charge on any atom is -0.497 e. The summed E-state index contributed by atoms with van der Waals surface area (Å²) in [5.41, 5.74) is 3.21. The van der Waals surface area contributed by atoms with Crippen LogP contribution in [0.3, 0.4) is 0 Å². The molecule has 0 spiro atoms. The lowest BCUT2D eigenvalue weighted by atomic mass is 10.1. The van der Waals surface area contributed by atoms with Crippen molar-refractivity contribution in [3.05, 3.63) is 54.1 Å². The standard InChI is InChI=1S/C24H29N3O3/c1-30-22-10-4-18(5-11-22)12-13-25-24(29)19-16-23(28)27(17-19)21-8-6-20(7-9-21)26-14-2-3-15-26/h4-11,19H,2-3,12-17H2,1H3,(H,25,29). The average Bonchev–Trinajstić information content (AvgIpc) is 3.44. The molecular formula is C24H29N3O3. The molecule has 2 aromatic carbocycles. The second kappa shape index (κ2) is 9.20. The molecule has 1 unspecified atom stereocenters. The molecule has 1 atom stereocenters. The third-order valence-corrected chi connectivity index (χ3v) is 6.00. The van der Waals surface area contributed by atoms with Crippen molar-refractivity contribution in [1.29, 1.82) is 0 Å². The van der Waals surface area contributed by atoms with Crippen LogP contribution in [0.15, 0.2) is 48.5 Å². The van der Waals surface area contributed by atoms with Gasteiger partial charge in [-0.3, -0.25) is 9.59 Å². The van der Waals surface area contributed by atoms with Crippen molar-refractivity contribution in [2.45, 2.75) is 25.7 Å². The monoisotopic (exact) mass is 407 g/mol. The van der Waals surface area contributed by atoms with Gasteiger partial charge in [-0.2, -0.15) is 0 Å². The fourth-order valence-electron chi connectivity index (χ4n) is 4.22. The molecule has 0 saturated carbocycles. The minimum atomic E-state index is -0.299. The Morgan fingerprint density at radius 2 is 1.70 bits per heavy atom. The summed E-state index contributed by atoms with van der Waals surface area (Å²) in [6.45, 7) is 3.19. The number of hydrogen-bond donors (Lipinski definition) is 1. The first-order valence-electron chi connectivity index (χ1n) is 10.7. The van der Waals surface area contributed by atoms with Gasteiger partial charge < -0.3 is 19.9 Å². The number of rotatable bonds is 7. The molecule has 0 aliphatic carbocycles. The molecule has 30 heavy (non-hydrogen) atoms. The van der Waals surface area contributed by atoms with Crippen molar-refractivity contribution in [2.75, 3.05) is 43.1 Å². The lowest BCUT2D eigenvalue weighted by Crippen LogP contribution is -2.34. The van der Waals surface area contributed by atoms with Gasteiger partial charge in [0.25, 0.3) is 0 Å². The van der Waals surface area contributed by atoms with E-state index in [2.05, 4.69) is 22.3 Å². The Morgan fingerprint density at radius 3 is 2.37 bits per heavy atom. The highest BCUT2D eigenvalue weighted by molar-refractivity contribution is 6.00. The van der Waals surface area contributed by atoms with Crippen molar-refractivity contribution < 1.29 is 14.3 Å². The van der Waals surface area contributed by atoms with Gasteiger partial charge in [-0.1, -0.05) is 12.1 Å². The molecule has 0 aromatic heterocycles. The lowest BCUT2D eigenvalue weighted by Gasteiger charge is -2.20. The molecule has 158 valence electrons. The maximum atomic E-state index is 12.6. The summed E-state index contributed by atoms with van der Waals surface area (Å²) in [6.07, 6.45) is 3.49. The van der Waals surface area contributed by atoms with Crippen LogP contribution in [-0.4, -0.2) is 45.1 Å². The van der Waals surface area contributed by atoms with Gasteiger partial charge in [-0.05, 0) is 61.2 Å². The topological polar surface area (TPSA) is 61.9 Å². The van der Waals surface area contributed by atoms with Crippen LogP contribution in [0.1, 0.15) is 24.8 Å². The fourth-order valence-corrected chi connectivity index (χ4v) is 4.22. The fraction of sp³-hybridized carbons (Fsp3) is 0.417. The number of carbonyl (C=O) groups excluding carboxylic acids is 2. The van der Waals surface area contributed by atoms with Crippen LogP contribution in [0.25, 0.3) is 0 Å². The molecule has 2 aromatic rings. The molecule has 0 radical (unpaired) electrons. The van der Waals surface area contributed by atoms with Gasteiger partial charge >= 0.3 is 0 Å². The Kier molecular flexibility index (Phi) is 6.21. The summed E-state index contributed by atoms with van der Waals surface area (Å²) in [7, 11) is 1.64. The number of anilines is 2. The molecule has 2 heterocycles. The second-order valence-corrected chi connectivity index (χ2v) is 8.01. The van der Waals surface area contributed by atoms with E-state index in [9.17, 15) is 9.59 Å². The predicted molar refractivity (Wildman–Crippen MR) is 118 cm³/mol. The number of carbonyl (C=O) groups is 2. The van der Waals surface area contributed by atoms with Crippen LogP contribution in [0, 0.1) is 5.92 Å². The van der Waals surface area contributed by atoms with Gasteiger partial charge in [-0.15, -0.1) is 0 Å². The molecule has 6 nitrogen and oxygen atoms in total. The normalized spacial score (nSPS) is 18.7. The number of nitrogens with zero attached hydrogens (tertiary/aromatic N) is 2. The summed E-state index contributed by atoms with van der Waals surface area (Å²) in [5.74, 6) is 0.486. The van der Waals surface area contributed by atoms with Crippen LogP contribution in [0.2, 0.25) is 0 Å². The van der Waals surface area contributed by atoms with Gasteiger partial charge in [0.2, 0.25) is 11.8 Å². The maximum Gasteiger partial charge on any atom is 0.227 e. The first-order valence-corrected chi connectivity index (χ1v) is 10.7. The van der Waals surface area contributed by atoms with Gasteiger partial charge in [0.15, 0.2) is 0 Å². The maximum absolute atomic E-state index is 12.6. The Bertz CT molecular complexity index is 874. The number of benzene rings is 2. The number of nitrogens with one attached hydrogen (secondary N) is 1. The van der Waals surface area contributed by atoms with E-state index >= 15 is 0 Å². The molecule has 2 aliphatic heterocycles. The largest absolute Gasteiger partial charge is 0.497 e. The van der Waals surface area contributed by atoms with E-state index in [1.165, 1.54) is 18.5 Å². The van der Waals surface area contributed by atoms with E-state index in [-0.39, 0.29) is 24.2 Å². The summed E-state index contributed by atoms with van der Waals surface area (Å²) in [5, 5.41) is 2.98. The smallest absolute Gasteiger partial charge is 0.227 e. The lowest BCUT2D eigenvalue weighted by molar-refractivity contribution is -0.126. The van der Waals surface area contributed by atoms with Crippen LogP contribution in [0.4, 0.5) is 11.4 Å². The van der Waals surface area contributed by atoms with Gasteiger partial charge in [0, 0.05) is 44.0 Å². The van der Waals surface area contributed by atoms with Crippen molar-refractivity contribution in [3.8, 4) is 5.75 Å². The Morgan fingerprint density at radius 1 is 1.03 bits per heavy atom. The molecular weight excluding hydrogens is 378 g/mol. The number of amides is 2. The first kappa shape index (κ1) is 20.3. The van der Waals surface area contributed by atoms with Crippen molar-refractivity contribution >= 4 is 23.2 Å². The van der Waals surface area contributed by atoms with E-state index in [0.717, 1.165) is 36.5 Å². The van der Waals surface area contributed by atoms with E-state index in [4.69, 9.17) is 4.74 Å². The summed E-state index contributed by atoms with van der Waals surface area (Å²) in [6, 6.07) is 16.0. The summed E-state index contributed by atoms with van der Waals surface area (Å²) in [4.78, 5) is 29.2. The van der Waals surface area contributed by atoms with E-state index in [1.54, 1.807) is 12.0 Å². The van der Waals surface area contributed by atoms with Crippen LogP contribution in [0.5, 0.6) is 5.75 Å². The number of hydrogen-bond acceptors (Lipinski definition) is 4. The Hall–Kier alpha value is -3.02. The Labute approximate surface area is 177 Å². The number of ether oxygens (including phenoxy) is 1. The zero-order chi connectivity index (χ0) is 20.9. The Balaban J connectivity index is 1.28. The van der Waals surface area contributed by atoms with Gasteiger partial charge in [-0.25, -0.2) is 0 Å². The highest BCUT2D eigenvalue weighted by Gasteiger charge is 2.35. The van der Waals surface area contributed by atoms with Gasteiger partial charge in [0.05, 0.1) is 13.0 Å². The molecule has 2 aliphatic rings. The summed E-state index contributed by atoms with van der Waals surface area (Å²) < 4.78 is 5.16. The molecule has 0 bridgehead atoms. The van der Waals surface area contributed by atoms with Crippen LogP contribution in [-0.2, 0) is 16.0 Å². The van der Waals surface area contributed by atoms with E-state index in [0.29, 0.717) is 13.1 Å². The van der Waals surface area contributed by atoms with Crippen LogP contribution < -0.4 is 19.9 Å². The molecule has 2 fully saturated rings. The SMILES string of the molecule is COc1ccc(CCNC(=O)C2CC(=O)N(c3ccc(N4CCCC4)cc3)C2)cc1. The molecule has 4 rings (SSSR count). The van der Waals surface area contributed by atoms with Crippen molar-refractivity contribution in [1.82, 2.24) is 5.32 Å². The highest BCUT2D eigenvalue weighted by atomic mass is 16.5. The zero-order valence-electron chi connectivity index (χ0n) is 17.5. The van der Waals surface area contributed by atoms with Crippen molar-refractivity contribution in [3.63, 3.8) is 0 Å². The molecule has 2 amide bonds. The quantitative estimate of drug-likeness (QED) is 0.767. The van der Waals surface area contributed by atoms with E-state index in [1.807, 2.05) is 36.4 Å².